The van der Waals surface area contributed by atoms with Crippen molar-refractivity contribution in [3.63, 3.8) is 0 Å². The predicted molar refractivity (Wildman–Crippen MR) is 72.0 cm³/mol. The van der Waals surface area contributed by atoms with Crippen molar-refractivity contribution in [2.75, 3.05) is 17.2 Å². The molecule has 0 saturated carbocycles. The fraction of sp³-hybridized carbons (Fsp3) is 0.385. The van der Waals surface area contributed by atoms with Gasteiger partial charge in [-0.1, -0.05) is 0 Å². The maximum Gasteiger partial charge on any atom is 0.299 e. The van der Waals surface area contributed by atoms with E-state index in [9.17, 15) is 26.8 Å². The Labute approximate surface area is 120 Å². The first-order valence-corrected chi connectivity index (χ1v) is 7.93. The normalized spacial score (nSPS) is 15.0. The second-order valence-corrected chi connectivity index (χ2v) is 7.66. The molecule has 0 aliphatic carbocycles. The highest BCUT2D eigenvalue weighted by atomic mass is 32.2. The van der Waals surface area contributed by atoms with E-state index in [1.807, 2.05) is 0 Å². The van der Waals surface area contributed by atoms with Crippen LogP contribution in [0, 0.1) is 11.6 Å². The minimum Gasteiger partial charge on any atom is -0.304 e. The SMILES string of the molecule is CC(C)S(=O)(=O)CCN1C(=O)C(=O)c2c(F)cc(F)cc21. The number of hydrogen-bond donors (Lipinski definition) is 0. The lowest BCUT2D eigenvalue weighted by molar-refractivity contribution is -0.114. The fourth-order valence-corrected chi connectivity index (χ4v) is 2.92. The summed E-state index contributed by atoms with van der Waals surface area (Å²) in [5.74, 6) is -4.60. The van der Waals surface area contributed by atoms with Crippen LogP contribution >= 0.6 is 0 Å². The first kappa shape index (κ1) is 15.6. The molecular weight excluding hydrogens is 304 g/mol. The highest BCUT2D eigenvalue weighted by molar-refractivity contribution is 7.92. The molecule has 5 nitrogen and oxygen atoms in total. The minimum absolute atomic E-state index is 0.221. The lowest BCUT2D eigenvalue weighted by atomic mass is 10.1. The summed E-state index contributed by atoms with van der Waals surface area (Å²) in [5, 5.41) is -0.644. The quantitative estimate of drug-likeness (QED) is 0.785. The lowest BCUT2D eigenvalue weighted by Crippen LogP contribution is -2.35. The zero-order valence-corrected chi connectivity index (χ0v) is 12.2. The monoisotopic (exact) mass is 317 g/mol. The number of nitrogens with zero attached hydrogens (tertiary/aromatic N) is 1. The van der Waals surface area contributed by atoms with Crippen LogP contribution in [-0.4, -0.2) is 37.7 Å². The molecule has 0 saturated heterocycles. The van der Waals surface area contributed by atoms with Crippen LogP contribution in [-0.2, 0) is 14.6 Å². The van der Waals surface area contributed by atoms with E-state index in [4.69, 9.17) is 0 Å². The van der Waals surface area contributed by atoms with E-state index in [0.29, 0.717) is 6.07 Å². The number of hydrogen-bond acceptors (Lipinski definition) is 4. The van der Waals surface area contributed by atoms with Crippen molar-refractivity contribution in [2.45, 2.75) is 19.1 Å². The van der Waals surface area contributed by atoms with Crippen LogP contribution in [0.4, 0.5) is 14.5 Å². The van der Waals surface area contributed by atoms with Crippen molar-refractivity contribution in [3.8, 4) is 0 Å². The van der Waals surface area contributed by atoms with Gasteiger partial charge in [-0.3, -0.25) is 9.59 Å². The van der Waals surface area contributed by atoms with Crippen molar-refractivity contribution in [2.24, 2.45) is 0 Å². The fourth-order valence-electron chi connectivity index (χ4n) is 2.01. The molecule has 0 radical (unpaired) electrons. The standard InChI is InChI=1S/C13H13F2NO4S/c1-7(2)21(19,20)4-3-16-10-6-8(14)5-9(15)11(10)12(17)13(16)18/h5-7H,3-4H2,1-2H3. The van der Waals surface area contributed by atoms with Gasteiger partial charge >= 0.3 is 0 Å². The molecule has 1 aromatic rings. The number of Topliss-reactive ketones (excluding diaryl/α,β-unsaturated/α-hetero) is 1. The van der Waals surface area contributed by atoms with Crippen LogP contribution in [0.5, 0.6) is 0 Å². The van der Waals surface area contributed by atoms with Crippen molar-refractivity contribution >= 4 is 27.2 Å². The molecule has 1 aromatic carbocycles. The summed E-state index contributed by atoms with van der Waals surface area (Å²) in [4.78, 5) is 24.3. The molecule has 0 aromatic heterocycles. The number of ketones is 1. The molecule has 0 fully saturated rings. The highest BCUT2D eigenvalue weighted by Crippen LogP contribution is 2.31. The van der Waals surface area contributed by atoms with E-state index in [2.05, 4.69) is 0 Å². The van der Waals surface area contributed by atoms with Gasteiger partial charge in [-0.05, 0) is 19.9 Å². The summed E-state index contributed by atoms with van der Waals surface area (Å²) in [6.45, 7) is 2.65. The molecule has 0 N–H and O–H groups in total. The van der Waals surface area contributed by atoms with Crippen molar-refractivity contribution in [3.05, 3.63) is 29.3 Å². The van der Waals surface area contributed by atoms with Gasteiger partial charge in [0.2, 0.25) is 0 Å². The average Bonchev–Trinajstić information content (AvgIpc) is 2.59. The van der Waals surface area contributed by atoms with Crippen LogP contribution in [0.2, 0.25) is 0 Å². The van der Waals surface area contributed by atoms with Crippen LogP contribution in [0.25, 0.3) is 0 Å². The number of carbonyl (C=O) groups excluding carboxylic acids is 2. The molecule has 0 atom stereocenters. The number of anilines is 1. The Kier molecular flexibility index (Phi) is 3.83. The van der Waals surface area contributed by atoms with Gasteiger partial charge in [0, 0.05) is 12.6 Å². The highest BCUT2D eigenvalue weighted by Gasteiger charge is 2.39. The second-order valence-electron chi connectivity index (χ2n) is 4.98. The molecule has 1 amide bonds. The zero-order valence-electron chi connectivity index (χ0n) is 11.4. The maximum absolute atomic E-state index is 13.6. The summed E-state index contributed by atoms with van der Waals surface area (Å²) < 4.78 is 50.3. The van der Waals surface area contributed by atoms with Crippen molar-refractivity contribution in [1.29, 1.82) is 0 Å². The molecule has 0 bridgehead atoms. The van der Waals surface area contributed by atoms with Crippen LogP contribution in [0.1, 0.15) is 24.2 Å². The van der Waals surface area contributed by atoms with Gasteiger partial charge in [0.05, 0.1) is 22.3 Å². The smallest absolute Gasteiger partial charge is 0.299 e. The number of rotatable bonds is 4. The Bertz CT molecular complexity index is 728. The molecule has 21 heavy (non-hydrogen) atoms. The van der Waals surface area contributed by atoms with E-state index in [-0.39, 0.29) is 18.0 Å². The molecule has 1 heterocycles. The Hall–Kier alpha value is -1.83. The van der Waals surface area contributed by atoms with E-state index in [1.54, 1.807) is 0 Å². The van der Waals surface area contributed by atoms with Gasteiger partial charge in [-0.25, -0.2) is 17.2 Å². The molecule has 8 heteroatoms. The molecule has 114 valence electrons. The molecule has 1 aliphatic rings. The van der Waals surface area contributed by atoms with Crippen LogP contribution in [0.3, 0.4) is 0 Å². The molecule has 0 unspecified atom stereocenters. The summed E-state index contributed by atoms with van der Waals surface area (Å²) in [6.07, 6.45) is 0. The van der Waals surface area contributed by atoms with E-state index < -0.39 is 44.0 Å². The number of fused-ring (bicyclic) bond motifs is 1. The van der Waals surface area contributed by atoms with Crippen LogP contribution in [0.15, 0.2) is 12.1 Å². The number of amides is 1. The van der Waals surface area contributed by atoms with Crippen molar-refractivity contribution < 1.29 is 26.8 Å². The van der Waals surface area contributed by atoms with Gasteiger partial charge in [0.25, 0.3) is 11.7 Å². The first-order valence-electron chi connectivity index (χ1n) is 6.22. The lowest BCUT2D eigenvalue weighted by Gasteiger charge is -2.17. The largest absolute Gasteiger partial charge is 0.304 e. The topological polar surface area (TPSA) is 71.5 Å². The van der Waals surface area contributed by atoms with Gasteiger partial charge in [0.15, 0.2) is 9.84 Å². The Morgan fingerprint density at radius 2 is 1.81 bits per heavy atom. The number of benzene rings is 1. The third-order valence-electron chi connectivity index (χ3n) is 3.31. The van der Waals surface area contributed by atoms with E-state index >= 15 is 0 Å². The van der Waals surface area contributed by atoms with Crippen LogP contribution < -0.4 is 4.90 Å². The summed E-state index contributed by atoms with van der Waals surface area (Å²) in [7, 11) is -3.44. The summed E-state index contributed by atoms with van der Waals surface area (Å²) in [6, 6.07) is 1.36. The third kappa shape index (κ3) is 2.67. The molecular formula is C13H13F2NO4S. The molecule has 2 rings (SSSR count). The first-order chi connectivity index (χ1) is 9.65. The van der Waals surface area contributed by atoms with Gasteiger partial charge < -0.3 is 4.90 Å². The summed E-state index contributed by atoms with van der Waals surface area (Å²) in [5.41, 5.74) is -0.732. The van der Waals surface area contributed by atoms with E-state index in [0.717, 1.165) is 11.0 Å². The van der Waals surface area contributed by atoms with Gasteiger partial charge in [-0.15, -0.1) is 0 Å². The number of carbonyl (C=O) groups is 2. The molecule has 0 spiro atoms. The number of halogens is 2. The van der Waals surface area contributed by atoms with Crippen molar-refractivity contribution in [1.82, 2.24) is 0 Å². The maximum atomic E-state index is 13.6. The Balaban J connectivity index is 2.36. The second kappa shape index (κ2) is 5.18. The van der Waals surface area contributed by atoms with Gasteiger partial charge in [-0.2, -0.15) is 0 Å². The number of sulfone groups is 1. The summed E-state index contributed by atoms with van der Waals surface area (Å²) >= 11 is 0. The average molecular weight is 317 g/mol. The molecule has 1 aliphatic heterocycles. The predicted octanol–water partition coefficient (Wildman–Crippen LogP) is 1.32. The Morgan fingerprint density at radius 1 is 1.19 bits per heavy atom. The van der Waals surface area contributed by atoms with Gasteiger partial charge in [0.1, 0.15) is 11.6 Å². The third-order valence-corrected chi connectivity index (χ3v) is 5.50. The minimum atomic E-state index is -3.44. The Morgan fingerprint density at radius 3 is 2.38 bits per heavy atom. The zero-order chi connectivity index (χ0) is 15.9. The van der Waals surface area contributed by atoms with E-state index in [1.165, 1.54) is 13.8 Å².